The Morgan fingerprint density at radius 3 is 2.94 bits per heavy atom. The Morgan fingerprint density at radius 1 is 1.75 bits per heavy atom. The first-order chi connectivity index (χ1) is 11.9. The molecule has 0 aromatic heterocycles. The quantitative estimate of drug-likeness (QED) is 0.655. The summed E-state index contributed by atoms with van der Waals surface area (Å²) in [6.45, 7) is -0.368. The fourth-order valence-electron chi connectivity index (χ4n) is 0.941. The summed E-state index contributed by atoms with van der Waals surface area (Å²) in [5.41, 5.74) is -1.29. The summed E-state index contributed by atoms with van der Waals surface area (Å²) in [7, 11) is 0. The van der Waals surface area contributed by atoms with Crippen LogP contribution >= 0.6 is 0 Å². The SMILES string of the molecule is [2H]C(=C)[C@@]1([2H])N(C(=O)OC(C)(C)C)C([2H])([2H])[C@@]([2H])(C([2H])([2H])[2H])C([2H])([2H])C1([2H])[2H]. The van der Waals surface area contributed by atoms with Crippen molar-refractivity contribution in [3.63, 3.8) is 0 Å². The average Bonchev–Trinajstić information content (AvgIpc) is 2.40. The van der Waals surface area contributed by atoms with Crippen LogP contribution in [0.5, 0.6) is 0 Å². The molecule has 1 amide bonds. The van der Waals surface area contributed by atoms with E-state index in [-0.39, 0.29) is 4.90 Å². The topological polar surface area (TPSA) is 29.5 Å². The minimum Gasteiger partial charge on any atom is -0.444 e. The first kappa shape index (κ1) is 4.04. The van der Waals surface area contributed by atoms with Crippen molar-refractivity contribution < 1.29 is 26.0 Å². The molecule has 1 aliphatic heterocycles. The second-order valence-corrected chi connectivity index (χ2v) is 4.08. The molecule has 0 aromatic rings. The molecule has 2 atom stereocenters. The third-order valence-corrected chi connectivity index (χ3v) is 1.50. The second-order valence-electron chi connectivity index (χ2n) is 4.08. The van der Waals surface area contributed by atoms with E-state index in [1.807, 2.05) is 0 Å². The molecule has 16 heavy (non-hydrogen) atoms. The Kier molecular flexibility index (Phi) is 1.24. The van der Waals surface area contributed by atoms with E-state index in [4.69, 9.17) is 21.2 Å². The zero-order valence-corrected chi connectivity index (χ0v) is 9.47. The normalized spacial score (nSPS) is 56.8. The Labute approximate surface area is 115 Å². The monoisotopic (exact) mass is 237 g/mol. The van der Waals surface area contributed by atoms with Crippen molar-refractivity contribution in [2.45, 2.75) is 52.0 Å². The van der Waals surface area contributed by atoms with E-state index in [9.17, 15) is 4.79 Å². The van der Waals surface area contributed by atoms with Crippen LogP contribution in [0, 0.1) is 5.89 Å². The number of ether oxygens (including phenoxy) is 1. The van der Waals surface area contributed by atoms with E-state index in [1.165, 1.54) is 20.8 Å². The summed E-state index contributed by atoms with van der Waals surface area (Å²) in [6.07, 6.45) is -9.29. The number of piperidine rings is 1. The van der Waals surface area contributed by atoms with Gasteiger partial charge in [0.05, 0.1) is 8.76 Å². The molecule has 1 fully saturated rings. The Balaban J connectivity index is 4.04. The molecule has 0 aliphatic carbocycles. The lowest BCUT2D eigenvalue weighted by Crippen LogP contribution is -2.47. The highest BCUT2D eigenvalue weighted by Crippen LogP contribution is 2.24. The molecule has 1 aliphatic rings. The summed E-state index contributed by atoms with van der Waals surface area (Å²) in [6, 6.07) is -4.65. The molecule has 0 unspecified atom stereocenters. The van der Waals surface area contributed by atoms with E-state index in [0.717, 1.165) is 0 Å². The van der Waals surface area contributed by atoms with Crippen LogP contribution in [-0.4, -0.2) is 29.1 Å². The highest BCUT2D eigenvalue weighted by molar-refractivity contribution is 5.69. The number of likely N-dealkylation sites (tertiary alicyclic amines) is 1. The van der Waals surface area contributed by atoms with Gasteiger partial charge in [0, 0.05) is 20.2 Å². The molecule has 0 radical (unpaired) electrons. The van der Waals surface area contributed by atoms with Crippen molar-refractivity contribution in [1.82, 2.24) is 4.90 Å². The molecule has 0 bridgehead atoms. The van der Waals surface area contributed by atoms with Gasteiger partial charge in [-0.15, -0.1) is 6.58 Å². The van der Waals surface area contributed by atoms with Crippen LogP contribution in [0.15, 0.2) is 12.6 Å². The average molecular weight is 237 g/mol. The van der Waals surface area contributed by atoms with Gasteiger partial charge in [0.15, 0.2) is 0 Å². The van der Waals surface area contributed by atoms with Crippen LogP contribution in [-0.2, 0) is 4.74 Å². The van der Waals surface area contributed by atoms with E-state index < -0.39 is 55.8 Å². The van der Waals surface area contributed by atoms with Crippen molar-refractivity contribution >= 4 is 6.09 Å². The highest BCUT2D eigenvalue weighted by atomic mass is 16.6. The summed E-state index contributed by atoms with van der Waals surface area (Å²) < 4.78 is 101. The van der Waals surface area contributed by atoms with Gasteiger partial charge in [-0.05, 0) is 39.4 Å². The third-order valence-electron chi connectivity index (χ3n) is 1.50. The molecule has 1 saturated heterocycles. The number of carbonyl (C=O) groups excluding carboxylic acids is 1. The molecule has 1 rings (SSSR count). The van der Waals surface area contributed by atoms with Crippen molar-refractivity contribution in [2.24, 2.45) is 5.89 Å². The maximum absolute atomic E-state index is 12.7. The van der Waals surface area contributed by atoms with E-state index >= 15 is 0 Å². The molecule has 0 saturated carbocycles. The summed E-state index contributed by atoms with van der Waals surface area (Å²) >= 11 is 0. The molecule has 0 aromatic carbocycles. The second kappa shape index (κ2) is 4.89. The van der Waals surface area contributed by atoms with Gasteiger partial charge in [0.1, 0.15) is 5.60 Å². The fraction of sp³-hybridized carbons (Fsp3) is 0.769. The zero-order chi connectivity index (χ0) is 22.9. The van der Waals surface area contributed by atoms with E-state index in [1.54, 1.807) is 0 Å². The molecule has 1 heterocycles. The molecule has 0 spiro atoms. The summed E-state index contributed by atoms with van der Waals surface area (Å²) in [4.78, 5) is 12.4. The van der Waals surface area contributed by atoms with E-state index in [0.29, 0.717) is 0 Å². The molecular formula is C13H23NO2. The number of carbonyl (C=O) groups is 1. The number of rotatable bonds is 1. The van der Waals surface area contributed by atoms with Gasteiger partial charge < -0.3 is 9.64 Å². The minimum absolute atomic E-state index is 0.332. The Hall–Kier alpha value is -0.990. The van der Waals surface area contributed by atoms with Crippen LogP contribution in [0.1, 0.15) is 56.8 Å². The molecule has 0 N–H and O–H groups in total. The first-order valence-electron chi connectivity index (χ1n) is 10.6. The van der Waals surface area contributed by atoms with Gasteiger partial charge in [0.2, 0.25) is 0 Å². The van der Waals surface area contributed by atoms with Crippen molar-refractivity contribution in [2.75, 3.05) is 6.50 Å². The lowest BCUT2D eigenvalue weighted by Gasteiger charge is -2.37. The number of hydrogen-bond acceptors (Lipinski definition) is 2. The number of nitrogens with zero attached hydrogens (tertiary/aromatic N) is 1. The molecule has 3 heteroatoms. The fourth-order valence-corrected chi connectivity index (χ4v) is 0.941. The van der Waals surface area contributed by atoms with Crippen molar-refractivity contribution in [3.8, 4) is 0 Å². The van der Waals surface area contributed by atoms with Gasteiger partial charge in [-0.1, -0.05) is 12.9 Å². The molecule has 3 nitrogen and oxygen atoms in total. The van der Waals surface area contributed by atoms with Crippen LogP contribution < -0.4 is 0 Å². The smallest absolute Gasteiger partial charge is 0.410 e. The third kappa shape index (κ3) is 3.54. The van der Waals surface area contributed by atoms with Gasteiger partial charge in [0.25, 0.3) is 0 Å². The van der Waals surface area contributed by atoms with Gasteiger partial charge in [-0.25, -0.2) is 4.79 Å². The van der Waals surface area contributed by atoms with Gasteiger partial charge in [-0.3, -0.25) is 0 Å². The lowest BCUT2D eigenvalue weighted by molar-refractivity contribution is 0.00988. The Morgan fingerprint density at radius 2 is 2.44 bits per heavy atom. The van der Waals surface area contributed by atoms with Crippen molar-refractivity contribution in [3.05, 3.63) is 12.6 Å². The standard InChI is InChI=1S/C13H23NO2/c1-6-11-8-7-10(2)9-14(11)12(15)16-13(3,4)5/h6,10-11H,1,7-9H2,2-5H3/t10-,11+/m0/s1/i2D3,6D,7D2,8D2,9D2,10D,11D. The zero-order valence-electron chi connectivity index (χ0n) is 21.5. The summed E-state index contributed by atoms with van der Waals surface area (Å²) in [5, 5.41) is 0. The van der Waals surface area contributed by atoms with Crippen molar-refractivity contribution in [1.29, 1.82) is 0 Å². The molecule has 92 valence electrons. The Bertz CT molecular complexity index is 682. The van der Waals surface area contributed by atoms with Gasteiger partial charge in [-0.2, -0.15) is 0 Å². The predicted octanol–water partition coefficient (Wildman–Crippen LogP) is 3.21. The highest BCUT2D eigenvalue weighted by Gasteiger charge is 2.31. The number of amides is 1. The number of hydrogen-bond donors (Lipinski definition) is 0. The van der Waals surface area contributed by atoms with Crippen LogP contribution in [0.25, 0.3) is 0 Å². The maximum Gasteiger partial charge on any atom is 0.410 e. The molecular weight excluding hydrogens is 202 g/mol. The van der Waals surface area contributed by atoms with E-state index in [2.05, 4.69) is 6.58 Å². The lowest BCUT2D eigenvalue weighted by atomic mass is 9.94. The predicted molar refractivity (Wildman–Crippen MR) is 65.3 cm³/mol. The largest absolute Gasteiger partial charge is 0.444 e. The van der Waals surface area contributed by atoms with Crippen LogP contribution in [0.4, 0.5) is 4.79 Å². The minimum atomic E-state index is -3.87. The maximum atomic E-state index is 12.7. The van der Waals surface area contributed by atoms with Crippen LogP contribution in [0.2, 0.25) is 0 Å². The van der Waals surface area contributed by atoms with Gasteiger partial charge >= 0.3 is 6.09 Å². The first-order valence-corrected chi connectivity index (χ1v) is 4.64. The van der Waals surface area contributed by atoms with Crippen LogP contribution in [0.3, 0.4) is 0 Å². The summed E-state index contributed by atoms with van der Waals surface area (Å²) in [5.74, 6) is -3.87.